The number of nitrogens with zero attached hydrogens (tertiary/aromatic N) is 3. The first kappa shape index (κ1) is 19.9. The number of ether oxygens (including phenoxy) is 1. The highest BCUT2D eigenvalue weighted by molar-refractivity contribution is 5.98. The van der Waals surface area contributed by atoms with Crippen molar-refractivity contribution in [2.24, 2.45) is 7.05 Å². The van der Waals surface area contributed by atoms with E-state index in [4.69, 9.17) is 4.74 Å². The molecule has 10 heteroatoms. The molecule has 0 aliphatic rings. The van der Waals surface area contributed by atoms with Gasteiger partial charge in [0.15, 0.2) is 6.10 Å². The molecule has 0 radical (unpaired) electrons. The number of amides is 1. The highest BCUT2D eigenvalue weighted by Gasteiger charge is 2.23. The molecule has 1 aromatic carbocycles. The predicted octanol–water partition coefficient (Wildman–Crippen LogP) is 2.17. The average Bonchev–Trinajstić information content (AvgIpc) is 2.86. The van der Waals surface area contributed by atoms with Crippen LogP contribution in [0.15, 0.2) is 18.2 Å². The molecular formula is C17H21N5O5. The third kappa shape index (κ3) is 4.22. The number of carbonyl (C=O) groups is 2. The Bertz CT molecular complexity index is 905. The molecule has 10 nitrogen and oxygen atoms in total. The lowest BCUT2D eigenvalue weighted by atomic mass is 10.1. The fourth-order valence-corrected chi connectivity index (χ4v) is 2.48. The fraction of sp³-hybridized carbons (Fsp3) is 0.353. The van der Waals surface area contributed by atoms with Gasteiger partial charge in [-0.05, 0) is 32.9 Å². The van der Waals surface area contributed by atoms with Crippen LogP contribution in [0.5, 0.6) is 0 Å². The second kappa shape index (κ2) is 7.85. The molecule has 1 heterocycles. The van der Waals surface area contributed by atoms with Crippen molar-refractivity contribution in [1.82, 2.24) is 9.78 Å². The molecule has 27 heavy (non-hydrogen) atoms. The normalized spacial score (nSPS) is 11.6. The summed E-state index contributed by atoms with van der Waals surface area (Å²) in [4.78, 5) is 35.1. The van der Waals surface area contributed by atoms with Crippen LogP contribution in [0.2, 0.25) is 0 Å². The summed E-state index contributed by atoms with van der Waals surface area (Å²) in [5.74, 6) is -1.35. The molecule has 0 unspecified atom stereocenters. The highest BCUT2D eigenvalue weighted by atomic mass is 16.6. The smallest absolute Gasteiger partial charge is 0.339 e. The van der Waals surface area contributed by atoms with Crippen LogP contribution >= 0.6 is 0 Å². The summed E-state index contributed by atoms with van der Waals surface area (Å²) in [6.07, 6.45) is -1.10. The van der Waals surface area contributed by atoms with Gasteiger partial charge in [0.25, 0.3) is 11.6 Å². The first-order valence-corrected chi connectivity index (χ1v) is 8.14. The summed E-state index contributed by atoms with van der Waals surface area (Å²) in [5.41, 5.74) is 1.95. The maximum absolute atomic E-state index is 12.3. The van der Waals surface area contributed by atoms with Crippen molar-refractivity contribution in [2.45, 2.75) is 26.9 Å². The van der Waals surface area contributed by atoms with E-state index >= 15 is 0 Å². The van der Waals surface area contributed by atoms with Crippen LogP contribution in [0.4, 0.5) is 17.1 Å². The highest BCUT2D eigenvalue weighted by Crippen LogP contribution is 2.25. The molecule has 0 aliphatic carbocycles. The number of hydrogen-bond acceptors (Lipinski definition) is 7. The van der Waals surface area contributed by atoms with Crippen LogP contribution in [0.3, 0.4) is 0 Å². The van der Waals surface area contributed by atoms with Gasteiger partial charge in [-0.25, -0.2) is 4.79 Å². The lowest BCUT2D eigenvalue weighted by Gasteiger charge is -2.14. The summed E-state index contributed by atoms with van der Waals surface area (Å²) in [6.45, 7) is 4.97. The number of aromatic nitrogens is 2. The summed E-state index contributed by atoms with van der Waals surface area (Å²) in [5, 5.41) is 20.7. The Balaban J connectivity index is 2.12. The van der Waals surface area contributed by atoms with E-state index in [0.29, 0.717) is 11.4 Å². The van der Waals surface area contributed by atoms with Crippen LogP contribution in [0.25, 0.3) is 0 Å². The second-order valence-corrected chi connectivity index (χ2v) is 5.95. The van der Waals surface area contributed by atoms with E-state index in [1.54, 1.807) is 25.6 Å². The lowest BCUT2D eigenvalue weighted by molar-refractivity contribution is -0.384. The average molecular weight is 375 g/mol. The maximum atomic E-state index is 12.3. The molecule has 2 N–H and O–H groups in total. The Kier molecular flexibility index (Phi) is 5.78. The summed E-state index contributed by atoms with van der Waals surface area (Å²) in [6, 6.07) is 3.90. The summed E-state index contributed by atoms with van der Waals surface area (Å²) >= 11 is 0. The zero-order valence-electron chi connectivity index (χ0n) is 15.7. The van der Waals surface area contributed by atoms with Crippen LogP contribution in [0, 0.1) is 24.0 Å². The van der Waals surface area contributed by atoms with Crippen molar-refractivity contribution in [1.29, 1.82) is 0 Å². The minimum atomic E-state index is -1.10. The van der Waals surface area contributed by atoms with Gasteiger partial charge in [0.2, 0.25) is 0 Å². The van der Waals surface area contributed by atoms with E-state index < -0.39 is 22.9 Å². The van der Waals surface area contributed by atoms with Crippen molar-refractivity contribution < 1.29 is 19.2 Å². The molecule has 0 bridgehead atoms. The minimum Gasteiger partial charge on any atom is -0.449 e. The maximum Gasteiger partial charge on any atom is 0.339 e. The summed E-state index contributed by atoms with van der Waals surface area (Å²) < 4.78 is 6.77. The van der Waals surface area contributed by atoms with Gasteiger partial charge in [-0.3, -0.25) is 19.6 Å². The van der Waals surface area contributed by atoms with Crippen LogP contribution < -0.4 is 10.6 Å². The van der Waals surface area contributed by atoms with Crippen molar-refractivity contribution in [3.8, 4) is 0 Å². The van der Waals surface area contributed by atoms with Crippen LogP contribution in [-0.4, -0.2) is 39.7 Å². The number of carbonyl (C=O) groups excluding carboxylic acids is 2. The Hall–Kier alpha value is -3.43. The Morgan fingerprint density at radius 1 is 1.33 bits per heavy atom. The van der Waals surface area contributed by atoms with Crippen molar-refractivity contribution in [3.63, 3.8) is 0 Å². The standard InChI is InChI=1S/C17H21N5O5/c1-9-15(10(2)21(5)20-9)19-16(23)11(3)27-17(24)12-6-7-13(18-4)14(8-12)22(25)26/h6-8,11,18H,1-5H3,(H,19,23)/t11-/m0/s1. The monoisotopic (exact) mass is 375 g/mol. The number of esters is 1. The van der Waals surface area contributed by atoms with Gasteiger partial charge in [0.05, 0.1) is 27.6 Å². The first-order valence-electron chi connectivity index (χ1n) is 8.14. The van der Waals surface area contributed by atoms with Crippen molar-refractivity contribution in [2.75, 3.05) is 17.7 Å². The van der Waals surface area contributed by atoms with E-state index in [0.717, 1.165) is 11.8 Å². The van der Waals surface area contributed by atoms with Crippen molar-refractivity contribution in [3.05, 3.63) is 45.3 Å². The fourth-order valence-electron chi connectivity index (χ4n) is 2.48. The number of aryl methyl sites for hydroxylation is 2. The van der Waals surface area contributed by atoms with E-state index in [9.17, 15) is 19.7 Å². The van der Waals surface area contributed by atoms with Gasteiger partial charge in [0.1, 0.15) is 5.69 Å². The van der Waals surface area contributed by atoms with Gasteiger partial charge in [0, 0.05) is 20.2 Å². The summed E-state index contributed by atoms with van der Waals surface area (Å²) in [7, 11) is 3.29. The van der Waals surface area contributed by atoms with Gasteiger partial charge in [-0.1, -0.05) is 0 Å². The van der Waals surface area contributed by atoms with E-state index in [2.05, 4.69) is 15.7 Å². The topological polar surface area (TPSA) is 128 Å². The van der Waals surface area contributed by atoms with Crippen LogP contribution in [0.1, 0.15) is 28.7 Å². The quantitative estimate of drug-likeness (QED) is 0.450. The number of nitrogens with one attached hydrogen (secondary N) is 2. The van der Waals surface area contributed by atoms with Crippen LogP contribution in [-0.2, 0) is 16.6 Å². The van der Waals surface area contributed by atoms with E-state index in [1.165, 1.54) is 26.1 Å². The lowest BCUT2D eigenvalue weighted by Crippen LogP contribution is -2.30. The molecule has 144 valence electrons. The number of nitro benzene ring substituents is 1. The molecule has 1 amide bonds. The molecule has 0 spiro atoms. The molecule has 1 aromatic heterocycles. The van der Waals surface area contributed by atoms with Gasteiger partial charge >= 0.3 is 5.97 Å². The molecule has 0 saturated heterocycles. The zero-order valence-corrected chi connectivity index (χ0v) is 15.7. The van der Waals surface area contributed by atoms with E-state index in [1.807, 2.05) is 0 Å². The first-order chi connectivity index (χ1) is 12.6. The molecule has 0 fully saturated rings. The van der Waals surface area contributed by atoms with Gasteiger partial charge in [-0.2, -0.15) is 5.10 Å². The molecule has 1 atom stereocenters. The number of hydrogen-bond donors (Lipinski definition) is 2. The number of anilines is 2. The number of benzene rings is 1. The predicted molar refractivity (Wildman–Crippen MR) is 98.8 cm³/mol. The minimum absolute atomic E-state index is 0.0194. The van der Waals surface area contributed by atoms with Gasteiger partial charge < -0.3 is 15.4 Å². The number of rotatable bonds is 6. The van der Waals surface area contributed by atoms with Crippen molar-refractivity contribution >= 4 is 28.9 Å². The number of nitro groups is 1. The Morgan fingerprint density at radius 2 is 2.00 bits per heavy atom. The second-order valence-electron chi connectivity index (χ2n) is 5.95. The Morgan fingerprint density at radius 3 is 2.52 bits per heavy atom. The largest absolute Gasteiger partial charge is 0.449 e. The third-order valence-corrected chi connectivity index (χ3v) is 4.11. The third-order valence-electron chi connectivity index (χ3n) is 4.11. The molecular weight excluding hydrogens is 354 g/mol. The SMILES string of the molecule is CNc1ccc(C(=O)O[C@@H](C)C(=O)Nc2c(C)nn(C)c2C)cc1[N+](=O)[O-]. The molecule has 0 saturated carbocycles. The van der Waals surface area contributed by atoms with E-state index in [-0.39, 0.29) is 16.9 Å². The molecule has 0 aliphatic heterocycles. The molecule has 2 rings (SSSR count). The van der Waals surface area contributed by atoms with Gasteiger partial charge in [-0.15, -0.1) is 0 Å². The zero-order chi connectivity index (χ0) is 20.3. The Labute approximate surface area is 155 Å². The molecule has 2 aromatic rings.